The Morgan fingerprint density at radius 2 is 2.14 bits per heavy atom. The number of benzene rings is 1. The van der Waals surface area contributed by atoms with E-state index < -0.39 is 23.0 Å². The van der Waals surface area contributed by atoms with E-state index in [9.17, 15) is 13.6 Å². The number of hydrogen-bond acceptors (Lipinski definition) is 1. The van der Waals surface area contributed by atoms with E-state index in [0.29, 0.717) is 0 Å². The molecule has 1 rings (SSSR count). The molecule has 5 heteroatoms. The van der Waals surface area contributed by atoms with Gasteiger partial charge in [0.05, 0.1) is 5.02 Å². The van der Waals surface area contributed by atoms with Gasteiger partial charge in [-0.3, -0.25) is 0 Å². The zero-order valence-corrected chi connectivity index (χ0v) is 7.98. The number of hydrogen-bond donors (Lipinski definition) is 1. The largest absolute Gasteiger partial charge is 0.479 e. The summed E-state index contributed by atoms with van der Waals surface area (Å²) in [6.45, 7) is 0.768. The predicted octanol–water partition coefficient (Wildman–Crippen LogP) is 2.75. The molecule has 0 aliphatic carbocycles. The summed E-state index contributed by atoms with van der Waals surface area (Å²) in [5.74, 6) is -2.79. The van der Waals surface area contributed by atoms with Crippen LogP contribution in [0.3, 0.4) is 0 Å². The Morgan fingerprint density at radius 1 is 1.57 bits per heavy atom. The van der Waals surface area contributed by atoms with Crippen LogP contribution >= 0.6 is 11.6 Å². The van der Waals surface area contributed by atoms with Crippen LogP contribution in [0.15, 0.2) is 18.2 Å². The highest BCUT2D eigenvalue weighted by molar-refractivity contribution is 6.30. The maximum absolute atomic E-state index is 13.5. The van der Waals surface area contributed by atoms with Crippen molar-refractivity contribution in [3.8, 4) is 0 Å². The van der Waals surface area contributed by atoms with Crippen molar-refractivity contribution >= 4 is 17.6 Å². The zero-order chi connectivity index (χ0) is 10.9. The third-order valence-electron chi connectivity index (χ3n) is 1.86. The van der Waals surface area contributed by atoms with Crippen LogP contribution in [-0.4, -0.2) is 11.1 Å². The number of carboxylic acids is 1. The maximum Gasteiger partial charge on any atom is 0.346 e. The van der Waals surface area contributed by atoms with Crippen molar-refractivity contribution in [3.05, 3.63) is 34.6 Å². The Bertz CT molecular complexity index is 377. The van der Waals surface area contributed by atoms with E-state index in [4.69, 9.17) is 16.7 Å². The summed E-state index contributed by atoms with van der Waals surface area (Å²) in [7, 11) is 0. The smallest absolute Gasteiger partial charge is 0.346 e. The molecule has 1 N–H and O–H groups in total. The molecular formula is C9H7ClF2O2. The van der Waals surface area contributed by atoms with Gasteiger partial charge in [0.15, 0.2) is 0 Å². The summed E-state index contributed by atoms with van der Waals surface area (Å²) in [6, 6.07) is 3.56. The van der Waals surface area contributed by atoms with Gasteiger partial charge < -0.3 is 5.11 Å². The van der Waals surface area contributed by atoms with Crippen LogP contribution in [0.1, 0.15) is 12.5 Å². The Kier molecular flexibility index (Phi) is 2.76. The molecule has 1 aromatic carbocycles. The van der Waals surface area contributed by atoms with Crippen molar-refractivity contribution in [1.82, 2.24) is 0 Å². The van der Waals surface area contributed by atoms with Gasteiger partial charge in [0.1, 0.15) is 5.82 Å². The van der Waals surface area contributed by atoms with Gasteiger partial charge in [-0.1, -0.05) is 23.7 Å². The van der Waals surface area contributed by atoms with Gasteiger partial charge in [-0.25, -0.2) is 13.6 Å². The van der Waals surface area contributed by atoms with E-state index in [1.54, 1.807) is 0 Å². The maximum atomic E-state index is 13.5. The molecule has 14 heavy (non-hydrogen) atoms. The van der Waals surface area contributed by atoms with E-state index in [0.717, 1.165) is 13.0 Å². The third-order valence-corrected chi connectivity index (χ3v) is 2.15. The number of alkyl halides is 1. The fourth-order valence-electron chi connectivity index (χ4n) is 0.982. The van der Waals surface area contributed by atoms with Crippen LogP contribution in [-0.2, 0) is 10.5 Å². The first-order chi connectivity index (χ1) is 6.37. The Balaban J connectivity index is 3.33. The molecule has 1 unspecified atom stereocenters. The first kappa shape index (κ1) is 10.9. The standard InChI is InChI=1S/C9H7ClF2O2/c1-9(12,8(13)14)5-3-2-4-6(10)7(5)11/h2-4H,1H3,(H,13,14). The first-order valence-electron chi connectivity index (χ1n) is 3.74. The molecule has 0 bridgehead atoms. The molecule has 1 aromatic rings. The molecule has 0 saturated heterocycles. The van der Waals surface area contributed by atoms with E-state index in [-0.39, 0.29) is 5.02 Å². The average Bonchev–Trinajstić information content (AvgIpc) is 2.09. The van der Waals surface area contributed by atoms with Gasteiger partial charge in [-0.2, -0.15) is 0 Å². The highest BCUT2D eigenvalue weighted by Gasteiger charge is 2.38. The number of rotatable bonds is 2. The molecular weight excluding hydrogens is 214 g/mol. The zero-order valence-electron chi connectivity index (χ0n) is 7.22. The van der Waals surface area contributed by atoms with Crippen LogP contribution < -0.4 is 0 Å². The summed E-state index contributed by atoms with van der Waals surface area (Å²) in [4.78, 5) is 10.5. The minimum absolute atomic E-state index is 0.298. The van der Waals surface area contributed by atoms with E-state index in [2.05, 4.69) is 0 Å². The molecule has 2 nitrogen and oxygen atoms in total. The molecule has 0 aromatic heterocycles. The van der Waals surface area contributed by atoms with Crippen LogP contribution in [0.5, 0.6) is 0 Å². The Morgan fingerprint density at radius 3 is 2.64 bits per heavy atom. The summed E-state index contributed by atoms with van der Waals surface area (Å²) in [5, 5.41) is 8.23. The normalized spacial score (nSPS) is 14.9. The van der Waals surface area contributed by atoms with Crippen LogP contribution in [0.25, 0.3) is 0 Å². The van der Waals surface area contributed by atoms with Crippen LogP contribution in [0, 0.1) is 5.82 Å². The van der Waals surface area contributed by atoms with Crippen molar-refractivity contribution in [2.24, 2.45) is 0 Å². The molecule has 0 radical (unpaired) electrons. The lowest BCUT2D eigenvalue weighted by Crippen LogP contribution is -2.28. The molecule has 0 saturated carbocycles. The second kappa shape index (κ2) is 3.53. The molecule has 0 spiro atoms. The summed E-state index contributed by atoms with van der Waals surface area (Å²) in [5.41, 5.74) is -3.34. The van der Waals surface area contributed by atoms with Crippen molar-refractivity contribution in [3.63, 3.8) is 0 Å². The lowest BCUT2D eigenvalue weighted by Gasteiger charge is -2.16. The van der Waals surface area contributed by atoms with Gasteiger partial charge in [-0.05, 0) is 13.0 Å². The number of carboxylic acid groups (broad SMARTS) is 1. The predicted molar refractivity (Wildman–Crippen MR) is 47.5 cm³/mol. The number of carbonyl (C=O) groups is 1. The van der Waals surface area contributed by atoms with Crippen LogP contribution in [0.2, 0.25) is 5.02 Å². The molecule has 0 heterocycles. The molecule has 0 aliphatic rings. The lowest BCUT2D eigenvalue weighted by atomic mass is 9.98. The van der Waals surface area contributed by atoms with Crippen molar-refractivity contribution in [1.29, 1.82) is 0 Å². The Hall–Kier alpha value is -1.16. The van der Waals surface area contributed by atoms with Crippen molar-refractivity contribution in [2.45, 2.75) is 12.6 Å². The fraction of sp³-hybridized carbons (Fsp3) is 0.222. The average molecular weight is 221 g/mol. The minimum Gasteiger partial charge on any atom is -0.479 e. The van der Waals surface area contributed by atoms with E-state index in [1.165, 1.54) is 12.1 Å². The quantitative estimate of drug-likeness (QED) is 0.832. The highest BCUT2D eigenvalue weighted by Crippen LogP contribution is 2.31. The molecule has 0 fully saturated rings. The van der Waals surface area contributed by atoms with Gasteiger partial charge in [0, 0.05) is 5.56 Å². The minimum atomic E-state index is -2.77. The molecule has 0 amide bonds. The third kappa shape index (κ3) is 1.70. The second-order valence-electron chi connectivity index (χ2n) is 2.91. The Labute approximate surface area is 84.1 Å². The number of halogens is 3. The van der Waals surface area contributed by atoms with Crippen molar-refractivity contribution in [2.75, 3.05) is 0 Å². The van der Waals surface area contributed by atoms with Crippen LogP contribution in [0.4, 0.5) is 8.78 Å². The van der Waals surface area contributed by atoms with Gasteiger partial charge >= 0.3 is 5.97 Å². The SMILES string of the molecule is CC(F)(C(=O)O)c1cccc(Cl)c1F. The topological polar surface area (TPSA) is 37.3 Å². The van der Waals surface area contributed by atoms with Gasteiger partial charge in [-0.15, -0.1) is 0 Å². The van der Waals surface area contributed by atoms with E-state index in [1.807, 2.05) is 0 Å². The molecule has 0 aliphatic heterocycles. The summed E-state index contributed by atoms with van der Waals surface area (Å²) < 4.78 is 26.7. The fourth-order valence-corrected chi connectivity index (χ4v) is 1.16. The first-order valence-corrected chi connectivity index (χ1v) is 4.12. The van der Waals surface area contributed by atoms with Gasteiger partial charge in [0.2, 0.25) is 5.67 Å². The van der Waals surface area contributed by atoms with Crippen molar-refractivity contribution < 1.29 is 18.7 Å². The summed E-state index contributed by atoms with van der Waals surface area (Å²) >= 11 is 5.39. The molecule has 1 atom stereocenters. The van der Waals surface area contributed by atoms with E-state index >= 15 is 0 Å². The second-order valence-corrected chi connectivity index (χ2v) is 3.32. The monoisotopic (exact) mass is 220 g/mol. The lowest BCUT2D eigenvalue weighted by molar-refractivity contribution is -0.150. The van der Waals surface area contributed by atoms with Gasteiger partial charge in [0.25, 0.3) is 0 Å². The number of aliphatic carboxylic acids is 1. The summed E-state index contributed by atoms with van der Waals surface area (Å²) in [6.07, 6.45) is 0. The molecule has 76 valence electrons. The highest BCUT2D eigenvalue weighted by atomic mass is 35.5.